The number of ether oxygens (including phenoxy) is 1. The maximum Gasteiger partial charge on any atom is 0.167 e. The number of aromatic nitrogens is 4. The van der Waals surface area contributed by atoms with E-state index < -0.39 is 24.5 Å². The van der Waals surface area contributed by atoms with Gasteiger partial charge < -0.3 is 32.2 Å². The van der Waals surface area contributed by atoms with Crippen LogP contribution >= 0.6 is 11.8 Å². The molecule has 1 aliphatic rings. The molecule has 4 atom stereocenters. The van der Waals surface area contributed by atoms with Crippen LogP contribution in [0.5, 0.6) is 0 Å². The third kappa shape index (κ3) is 5.05. The number of nitrogens with two attached hydrogens (primary N) is 3. The standard InChI is InChI=1S/C18H29N7O3S/c19-6-3-1-2-4-11(5-7-20)29-8-12-14(26)15(27)18(28-12)25-10-24-13-16(21)22-9-23-17(13)25/h5,9-10,12,14-15,18,26-27H,1-4,6-8,19-20H2,(H2,21,22,23). The largest absolute Gasteiger partial charge is 0.387 e. The van der Waals surface area contributed by atoms with E-state index in [2.05, 4.69) is 15.0 Å². The van der Waals surface area contributed by atoms with Crippen molar-refractivity contribution in [3.63, 3.8) is 0 Å². The number of unbranched alkanes of at least 4 members (excludes halogenated alkanes) is 2. The number of thioether (sulfide) groups is 1. The van der Waals surface area contributed by atoms with E-state index in [1.54, 1.807) is 16.3 Å². The van der Waals surface area contributed by atoms with Crippen molar-refractivity contribution in [3.05, 3.63) is 23.6 Å². The smallest absolute Gasteiger partial charge is 0.167 e. The first kappa shape index (κ1) is 21.9. The maximum absolute atomic E-state index is 10.5. The SMILES string of the molecule is NCC=C(CCCCCN)SCC1OC(n2cnc3c(N)ncnc32)C(O)C1O. The highest BCUT2D eigenvalue weighted by Crippen LogP contribution is 2.35. The Balaban J connectivity index is 1.64. The number of nitrogens with zero attached hydrogens (tertiary/aromatic N) is 4. The number of aliphatic hydroxyl groups excluding tert-OH is 2. The summed E-state index contributed by atoms with van der Waals surface area (Å²) >= 11 is 1.60. The molecule has 1 saturated heterocycles. The molecule has 8 N–H and O–H groups in total. The highest BCUT2D eigenvalue weighted by molar-refractivity contribution is 8.03. The molecule has 29 heavy (non-hydrogen) atoms. The predicted octanol–water partition coefficient (Wildman–Crippen LogP) is 0.123. The van der Waals surface area contributed by atoms with E-state index >= 15 is 0 Å². The Morgan fingerprint density at radius 2 is 2.00 bits per heavy atom. The zero-order valence-electron chi connectivity index (χ0n) is 16.2. The Labute approximate surface area is 173 Å². The highest BCUT2D eigenvalue weighted by Gasteiger charge is 2.44. The Bertz CT molecular complexity index is 831. The molecule has 10 nitrogen and oxygen atoms in total. The number of rotatable bonds is 10. The second kappa shape index (κ2) is 10.3. The van der Waals surface area contributed by atoms with Crippen molar-refractivity contribution in [1.82, 2.24) is 19.5 Å². The van der Waals surface area contributed by atoms with Gasteiger partial charge in [0.2, 0.25) is 0 Å². The molecule has 1 aliphatic heterocycles. The number of imidazole rings is 1. The van der Waals surface area contributed by atoms with Crippen LogP contribution in [-0.2, 0) is 4.74 Å². The summed E-state index contributed by atoms with van der Waals surface area (Å²) in [6.07, 6.45) is 5.36. The summed E-state index contributed by atoms with van der Waals surface area (Å²) < 4.78 is 7.55. The molecule has 0 amide bonds. The number of aliphatic hydroxyl groups is 2. The zero-order chi connectivity index (χ0) is 20.8. The van der Waals surface area contributed by atoms with Crippen LogP contribution in [0.25, 0.3) is 11.2 Å². The topological polar surface area (TPSA) is 171 Å². The van der Waals surface area contributed by atoms with Crippen LogP contribution in [0.2, 0.25) is 0 Å². The van der Waals surface area contributed by atoms with Gasteiger partial charge in [-0.05, 0) is 30.7 Å². The van der Waals surface area contributed by atoms with Gasteiger partial charge in [-0.2, -0.15) is 0 Å². The van der Waals surface area contributed by atoms with Crippen LogP contribution in [0.1, 0.15) is 31.9 Å². The number of allylic oxidation sites excluding steroid dienone is 1. The third-order valence-corrected chi connectivity index (χ3v) is 6.14. The van der Waals surface area contributed by atoms with Crippen LogP contribution in [0.4, 0.5) is 5.82 Å². The summed E-state index contributed by atoms with van der Waals surface area (Å²) in [6.45, 7) is 1.16. The molecule has 11 heteroatoms. The van der Waals surface area contributed by atoms with E-state index in [1.807, 2.05) is 6.08 Å². The molecule has 0 spiro atoms. The summed E-state index contributed by atoms with van der Waals surface area (Å²) in [5, 5.41) is 21.0. The van der Waals surface area contributed by atoms with Crippen molar-refractivity contribution < 1.29 is 14.9 Å². The van der Waals surface area contributed by atoms with Gasteiger partial charge in [0.05, 0.1) is 12.4 Å². The molecule has 0 radical (unpaired) electrons. The van der Waals surface area contributed by atoms with Gasteiger partial charge in [0.25, 0.3) is 0 Å². The average molecular weight is 424 g/mol. The van der Waals surface area contributed by atoms with Crippen molar-refractivity contribution in [2.24, 2.45) is 11.5 Å². The molecule has 0 aliphatic carbocycles. The number of hydrogen-bond acceptors (Lipinski definition) is 10. The Morgan fingerprint density at radius 1 is 1.17 bits per heavy atom. The van der Waals surface area contributed by atoms with Gasteiger partial charge in [-0.15, -0.1) is 11.8 Å². The second-order valence-electron chi connectivity index (χ2n) is 6.95. The highest BCUT2D eigenvalue weighted by atomic mass is 32.2. The lowest BCUT2D eigenvalue weighted by Crippen LogP contribution is -2.32. The molecule has 3 heterocycles. The summed E-state index contributed by atoms with van der Waals surface area (Å²) in [5.41, 5.74) is 17.9. The van der Waals surface area contributed by atoms with Gasteiger partial charge in [0, 0.05) is 12.3 Å². The maximum atomic E-state index is 10.5. The quantitative estimate of drug-likeness (QED) is 0.331. The van der Waals surface area contributed by atoms with E-state index in [1.165, 1.54) is 12.7 Å². The van der Waals surface area contributed by atoms with E-state index in [0.29, 0.717) is 30.0 Å². The summed E-state index contributed by atoms with van der Waals surface area (Å²) in [7, 11) is 0. The molecule has 0 aromatic carbocycles. The number of fused-ring (bicyclic) bond motifs is 1. The predicted molar refractivity (Wildman–Crippen MR) is 113 cm³/mol. The van der Waals surface area contributed by atoms with Crippen molar-refractivity contribution >= 4 is 28.7 Å². The first-order chi connectivity index (χ1) is 14.1. The van der Waals surface area contributed by atoms with Crippen molar-refractivity contribution in [1.29, 1.82) is 0 Å². The summed E-state index contributed by atoms with van der Waals surface area (Å²) in [5.74, 6) is 0.751. The van der Waals surface area contributed by atoms with Gasteiger partial charge >= 0.3 is 0 Å². The van der Waals surface area contributed by atoms with Gasteiger partial charge in [-0.1, -0.05) is 12.5 Å². The monoisotopic (exact) mass is 423 g/mol. The van der Waals surface area contributed by atoms with E-state index in [0.717, 1.165) is 30.6 Å². The molecule has 4 unspecified atom stereocenters. The Hall–Kier alpha value is -1.76. The number of hydrogen-bond donors (Lipinski definition) is 5. The van der Waals surface area contributed by atoms with E-state index in [-0.39, 0.29) is 5.82 Å². The van der Waals surface area contributed by atoms with Crippen LogP contribution in [0.3, 0.4) is 0 Å². The zero-order valence-corrected chi connectivity index (χ0v) is 17.0. The van der Waals surface area contributed by atoms with Gasteiger partial charge in [0.15, 0.2) is 17.7 Å². The molecular formula is C18H29N7O3S. The first-order valence-electron chi connectivity index (χ1n) is 9.73. The summed E-state index contributed by atoms with van der Waals surface area (Å²) in [4.78, 5) is 13.4. The first-order valence-corrected chi connectivity index (χ1v) is 10.7. The minimum atomic E-state index is -1.11. The van der Waals surface area contributed by atoms with Crippen LogP contribution in [0.15, 0.2) is 23.6 Å². The minimum absolute atomic E-state index is 0.250. The fourth-order valence-corrected chi connectivity index (χ4v) is 4.48. The summed E-state index contributed by atoms with van der Waals surface area (Å²) in [6, 6.07) is 0. The van der Waals surface area contributed by atoms with Crippen LogP contribution < -0.4 is 17.2 Å². The Kier molecular flexibility index (Phi) is 7.81. The molecule has 1 fully saturated rings. The molecule has 0 bridgehead atoms. The fraction of sp³-hybridized carbons (Fsp3) is 0.611. The van der Waals surface area contributed by atoms with Crippen molar-refractivity contribution in [2.45, 2.75) is 50.2 Å². The molecular weight excluding hydrogens is 394 g/mol. The van der Waals surface area contributed by atoms with Crippen molar-refractivity contribution in [2.75, 3.05) is 24.6 Å². The normalized spacial score (nSPS) is 25.2. The Morgan fingerprint density at radius 3 is 2.76 bits per heavy atom. The lowest BCUT2D eigenvalue weighted by atomic mass is 10.1. The second-order valence-corrected chi connectivity index (χ2v) is 8.09. The van der Waals surface area contributed by atoms with E-state index in [4.69, 9.17) is 21.9 Å². The molecule has 2 aromatic heterocycles. The molecule has 160 valence electrons. The molecule has 3 rings (SSSR count). The third-order valence-electron chi connectivity index (χ3n) is 4.90. The average Bonchev–Trinajstić information content (AvgIpc) is 3.26. The number of nitrogen functional groups attached to an aromatic ring is 1. The molecule has 0 saturated carbocycles. The molecule has 2 aromatic rings. The van der Waals surface area contributed by atoms with Gasteiger partial charge in [-0.25, -0.2) is 15.0 Å². The van der Waals surface area contributed by atoms with Gasteiger partial charge in [0.1, 0.15) is 24.1 Å². The van der Waals surface area contributed by atoms with E-state index in [9.17, 15) is 10.2 Å². The van der Waals surface area contributed by atoms with Crippen LogP contribution in [-0.4, -0.2) is 66.9 Å². The lowest BCUT2D eigenvalue weighted by molar-refractivity contribution is -0.0288. The minimum Gasteiger partial charge on any atom is -0.387 e. The van der Waals surface area contributed by atoms with Crippen molar-refractivity contribution in [3.8, 4) is 0 Å². The van der Waals surface area contributed by atoms with Gasteiger partial charge in [-0.3, -0.25) is 4.57 Å². The number of anilines is 1. The fourth-order valence-electron chi connectivity index (χ4n) is 3.33. The lowest BCUT2D eigenvalue weighted by Gasteiger charge is -2.16. The van der Waals surface area contributed by atoms with Crippen LogP contribution in [0, 0.1) is 0 Å².